The molecule has 60 valence electrons. The molecule has 0 aromatic rings. The van der Waals surface area contributed by atoms with Gasteiger partial charge in [-0.2, -0.15) is 5.26 Å². The Kier molecular flexibility index (Phi) is 4.49. The molecule has 0 aromatic carbocycles. The SMILES string of the molecule is N#CCC(=O)NCCC(N)=O. The van der Waals surface area contributed by atoms with Crippen molar-refractivity contribution in [1.29, 1.82) is 5.26 Å². The number of carbonyl (C=O) groups is 2. The van der Waals surface area contributed by atoms with E-state index in [-0.39, 0.29) is 25.3 Å². The maximum absolute atomic E-state index is 10.5. The van der Waals surface area contributed by atoms with E-state index >= 15 is 0 Å². The molecule has 11 heavy (non-hydrogen) atoms. The van der Waals surface area contributed by atoms with Crippen LogP contribution >= 0.6 is 0 Å². The minimum Gasteiger partial charge on any atom is -0.370 e. The predicted molar refractivity (Wildman–Crippen MR) is 37.1 cm³/mol. The fourth-order valence-electron chi connectivity index (χ4n) is 0.459. The third-order valence-electron chi connectivity index (χ3n) is 0.933. The lowest BCUT2D eigenvalue weighted by atomic mass is 10.4. The second kappa shape index (κ2) is 5.23. The van der Waals surface area contributed by atoms with Gasteiger partial charge in [-0.15, -0.1) is 0 Å². The zero-order valence-electron chi connectivity index (χ0n) is 5.96. The highest BCUT2D eigenvalue weighted by Gasteiger charge is 1.99. The zero-order chi connectivity index (χ0) is 8.69. The van der Waals surface area contributed by atoms with Crippen LogP contribution in [0.4, 0.5) is 0 Å². The first-order valence-corrected chi connectivity index (χ1v) is 3.08. The zero-order valence-corrected chi connectivity index (χ0v) is 5.96. The number of carbonyl (C=O) groups excluding carboxylic acids is 2. The van der Waals surface area contributed by atoms with E-state index in [0.717, 1.165) is 0 Å². The summed E-state index contributed by atoms with van der Waals surface area (Å²) in [6.07, 6.45) is -0.0735. The number of primary amides is 1. The van der Waals surface area contributed by atoms with Crippen molar-refractivity contribution in [2.45, 2.75) is 12.8 Å². The van der Waals surface area contributed by atoms with Gasteiger partial charge in [0.25, 0.3) is 0 Å². The number of hydrogen-bond donors (Lipinski definition) is 2. The summed E-state index contributed by atoms with van der Waals surface area (Å²) >= 11 is 0. The van der Waals surface area contributed by atoms with Crippen molar-refractivity contribution in [1.82, 2.24) is 5.32 Å². The minimum atomic E-state index is -0.470. The van der Waals surface area contributed by atoms with Crippen molar-refractivity contribution >= 4 is 11.8 Å². The van der Waals surface area contributed by atoms with Crippen molar-refractivity contribution in [3.05, 3.63) is 0 Å². The Morgan fingerprint density at radius 2 is 2.18 bits per heavy atom. The van der Waals surface area contributed by atoms with Gasteiger partial charge in [-0.3, -0.25) is 9.59 Å². The van der Waals surface area contributed by atoms with Gasteiger partial charge in [-0.25, -0.2) is 0 Å². The highest BCUT2D eigenvalue weighted by Crippen LogP contribution is 1.77. The number of hydrogen-bond acceptors (Lipinski definition) is 3. The van der Waals surface area contributed by atoms with Gasteiger partial charge in [0, 0.05) is 13.0 Å². The van der Waals surface area contributed by atoms with E-state index in [4.69, 9.17) is 11.0 Å². The van der Waals surface area contributed by atoms with Crippen LogP contribution in [0.15, 0.2) is 0 Å². The molecule has 0 heterocycles. The molecule has 0 saturated heterocycles. The van der Waals surface area contributed by atoms with Crippen LogP contribution in [-0.2, 0) is 9.59 Å². The molecule has 5 nitrogen and oxygen atoms in total. The first kappa shape index (κ1) is 9.43. The largest absolute Gasteiger partial charge is 0.370 e. The summed E-state index contributed by atoms with van der Waals surface area (Å²) in [4.78, 5) is 20.7. The first-order valence-electron chi connectivity index (χ1n) is 3.08. The van der Waals surface area contributed by atoms with Crippen LogP contribution in [0.25, 0.3) is 0 Å². The summed E-state index contributed by atoms with van der Waals surface area (Å²) in [6, 6.07) is 1.68. The molecule has 0 radical (unpaired) electrons. The molecule has 5 heteroatoms. The predicted octanol–water partition coefficient (Wildman–Crippen LogP) is -1.11. The monoisotopic (exact) mass is 155 g/mol. The quantitative estimate of drug-likeness (QED) is 0.538. The highest BCUT2D eigenvalue weighted by atomic mass is 16.2. The number of nitrogens with one attached hydrogen (secondary N) is 1. The minimum absolute atomic E-state index is 0.108. The van der Waals surface area contributed by atoms with Crippen LogP contribution < -0.4 is 11.1 Å². The summed E-state index contributed by atoms with van der Waals surface area (Å²) < 4.78 is 0. The van der Waals surface area contributed by atoms with Crippen molar-refractivity contribution < 1.29 is 9.59 Å². The molecule has 0 saturated carbocycles. The van der Waals surface area contributed by atoms with E-state index in [9.17, 15) is 9.59 Å². The van der Waals surface area contributed by atoms with E-state index in [1.165, 1.54) is 0 Å². The molecule has 0 rings (SSSR count). The smallest absolute Gasteiger partial charge is 0.234 e. The Morgan fingerprint density at radius 3 is 2.64 bits per heavy atom. The second-order valence-electron chi connectivity index (χ2n) is 1.90. The lowest BCUT2D eigenvalue weighted by Crippen LogP contribution is -2.27. The Hall–Kier alpha value is -1.57. The van der Waals surface area contributed by atoms with Crippen LogP contribution in [-0.4, -0.2) is 18.4 Å². The third-order valence-corrected chi connectivity index (χ3v) is 0.933. The lowest BCUT2D eigenvalue weighted by Gasteiger charge is -1.98. The van der Waals surface area contributed by atoms with Crippen molar-refractivity contribution in [2.75, 3.05) is 6.54 Å². The molecule has 0 aliphatic carbocycles. The van der Waals surface area contributed by atoms with Gasteiger partial charge in [0.15, 0.2) is 0 Å². The summed E-state index contributed by atoms with van der Waals surface area (Å²) in [7, 11) is 0. The topological polar surface area (TPSA) is 96.0 Å². The number of nitrogens with two attached hydrogens (primary N) is 1. The van der Waals surface area contributed by atoms with Crippen molar-refractivity contribution in [2.24, 2.45) is 5.73 Å². The standard InChI is InChI=1S/C6H9N3O2/c7-3-1-6(11)9-4-2-5(8)10/h1-2,4H2,(H2,8,10)(H,9,11). The molecule has 0 spiro atoms. The van der Waals surface area contributed by atoms with E-state index < -0.39 is 5.91 Å². The van der Waals surface area contributed by atoms with Crippen LogP contribution in [0.5, 0.6) is 0 Å². The molecule has 2 amide bonds. The Balaban J connectivity index is 3.33. The molecular weight excluding hydrogens is 146 g/mol. The first-order chi connectivity index (χ1) is 5.16. The van der Waals surface area contributed by atoms with Crippen LogP contribution in [0.2, 0.25) is 0 Å². The van der Waals surface area contributed by atoms with E-state index in [1.54, 1.807) is 6.07 Å². The fraction of sp³-hybridized carbons (Fsp3) is 0.500. The molecule has 0 aromatic heterocycles. The summed E-state index contributed by atoms with van der Waals surface area (Å²) in [6.45, 7) is 0.204. The Bertz CT molecular complexity index is 194. The summed E-state index contributed by atoms with van der Waals surface area (Å²) in [5.74, 6) is -0.851. The van der Waals surface area contributed by atoms with Gasteiger partial charge in [-0.05, 0) is 0 Å². The summed E-state index contributed by atoms with van der Waals surface area (Å²) in [5.41, 5.74) is 4.80. The molecule has 0 aliphatic heterocycles. The van der Waals surface area contributed by atoms with Gasteiger partial charge < -0.3 is 11.1 Å². The molecule has 0 bridgehead atoms. The summed E-state index contributed by atoms with van der Waals surface area (Å²) in [5, 5.41) is 10.4. The molecule has 0 fully saturated rings. The molecule has 0 unspecified atom stereocenters. The van der Waals surface area contributed by atoms with E-state index in [2.05, 4.69) is 5.32 Å². The van der Waals surface area contributed by atoms with Gasteiger partial charge in [0.05, 0.1) is 6.07 Å². The number of amides is 2. The highest BCUT2D eigenvalue weighted by molar-refractivity contribution is 5.79. The van der Waals surface area contributed by atoms with Crippen LogP contribution in [0.3, 0.4) is 0 Å². The average molecular weight is 155 g/mol. The molecular formula is C6H9N3O2. The van der Waals surface area contributed by atoms with E-state index in [1.807, 2.05) is 0 Å². The molecule has 0 aliphatic rings. The van der Waals surface area contributed by atoms with Gasteiger partial charge in [-0.1, -0.05) is 0 Å². The third kappa shape index (κ3) is 6.31. The fourth-order valence-corrected chi connectivity index (χ4v) is 0.459. The molecule has 0 atom stereocenters. The van der Waals surface area contributed by atoms with Crippen molar-refractivity contribution in [3.8, 4) is 6.07 Å². The lowest BCUT2D eigenvalue weighted by molar-refractivity contribution is -0.120. The van der Waals surface area contributed by atoms with Gasteiger partial charge in [0.2, 0.25) is 11.8 Å². The second-order valence-corrected chi connectivity index (χ2v) is 1.90. The van der Waals surface area contributed by atoms with Crippen LogP contribution in [0.1, 0.15) is 12.8 Å². The average Bonchev–Trinajstić information content (AvgIpc) is 1.87. The van der Waals surface area contributed by atoms with E-state index in [0.29, 0.717) is 0 Å². The van der Waals surface area contributed by atoms with Crippen molar-refractivity contribution in [3.63, 3.8) is 0 Å². The maximum Gasteiger partial charge on any atom is 0.234 e. The number of rotatable bonds is 4. The van der Waals surface area contributed by atoms with Gasteiger partial charge in [0.1, 0.15) is 6.42 Å². The maximum atomic E-state index is 10.5. The normalized spacial score (nSPS) is 8.27. The Morgan fingerprint density at radius 1 is 1.55 bits per heavy atom. The number of nitrogens with zero attached hydrogens (tertiary/aromatic N) is 1. The Labute approximate surface area is 64.2 Å². The molecule has 3 N–H and O–H groups in total. The van der Waals surface area contributed by atoms with Gasteiger partial charge >= 0.3 is 0 Å². The number of nitriles is 1. The van der Waals surface area contributed by atoms with Crippen LogP contribution in [0, 0.1) is 11.3 Å².